The summed E-state index contributed by atoms with van der Waals surface area (Å²) in [5.41, 5.74) is 2.82. The van der Waals surface area contributed by atoms with Crippen molar-refractivity contribution in [2.45, 2.75) is 39.3 Å². The van der Waals surface area contributed by atoms with Crippen molar-refractivity contribution in [1.29, 1.82) is 0 Å². The molecule has 0 unspecified atom stereocenters. The number of ether oxygens (including phenoxy) is 1. The summed E-state index contributed by atoms with van der Waals surface area (Å²) in [7, 11) is 4.12. The Hall–Kier alpha value is -0.900. The molecule has 20 heavy (non-hydrogen) atoms. The summed E-state index contributed by atoms with van der Waals surface area (Å²) in [5, 5.41) is 3.51. The molecule has 1 rings (SSSR count). The van der Waals surface area contributed by atoms with Gasteiger partial charge in [-0.05, 0) is 59.0 Å². The van der Waals surface area contributed by atoms with E-state index >= 15 is 0 Å². The minimum atomic E-state index is 0.195. The third kappa shape index (κ3) is 8.31. The molecule has 0 aliphatic heterocycles. The summed E-state index contributed by atoms with van der Waals surface area (Å²) >= 11 is 0. The second-order valence-corrected chi connectivity index (χ2v) is 6.60. The molecule has 0 aromatic heterocycles. The van der Waals surface area contributed by atoms with Crippen LogP contribution in [0.2, 0.25) is 0 Å². The van der Waals surface area contributed by atoms with Crippen LogP contribution in [-0.2, 0) is 17.8 Å². The first-order valence-electron chi connectivity index (χ1n) is 7.42. The van der Waals surface area contributed by atoms with Gasteiger partial charge in [-0.1, -0.05) is 24.3 Å². The normalized spacial score (nSPS) is 12.1. The number of nitrogens with zero attached hydrogens (tertiary/aromatic N) is 1. The predicted molar refractivity (Wildman–Crippen MR) is 86.1 cm³/mol. The maximum absolute atomic E-state index is 5.64. The van der Waals surface area contributed by atoms with Gasteiger partial charge in [-0.25, -0.2) is 0 Å². The number of benzene rings is 1. The van der Waals surface area contributed by atoms with Gasteiger partial charge in [0.2, 0.25) is 0 Å². The van der Waals surface area contributed by atoms with Crippen LogP contribution in [0.25, 0.3) is 0 Å². The molecule has 1 N–H and O–H groups in total. The van der Waals surface area contributed by atoms with Crippen LogP contribution in [0.1, 0.15) is 31.9 Å². The Morgan fingerprint density at radius 3 is 2.20 bits per heavy atom. The Morgan fingerprint density at radius 1 is 1.05 bits per heavy atom. The summed E-state index contributed by atoms with van der Waals surface area (Å²) in [6, 6.07) is 8.74. The first-order valence-corrected chi connectivity index (χ1v) is 7.42. The molecule has 0 fully saturated rings. The monoisotopic (exact) mass is 278 g/mol. The molecule has 0 aliphatic rings. The largest absolute Gasteiger partial charge is 0.375 e. The van der Waals surface area contributed by atoms with E-state index in [9.17, 15) is 0 Å². The van der Waals surface area contributed by atoms with E-state index in [-0.39, 0.29) is 5.54 Å². The summed E-state index contributed by atoms with van der Waals surface area (Å²) < 4.78 is 5.64. The molecule has 3 nitrogen and oxygen atoms in total. The van der Waals surface area contributed by atoms with Crippen LogP contribution >= 0.6 is 0 Å². The molecular weight excluding hydrogens is 248 g/mol. The van der Waals surface area contributed by atoms with Crippen molar-refractivity contribution in [1.82, 2.24) is 10.2 Å². The average Bonchev–Trinajstić information content (AvgIpc) is 2.34. The molecule has 1 aromatic rings. The Bertz CT molecular complexity index is 366. The number of likely N-dealkylation sites (N-methyl/N-ethyl adjacent to an activating group) is 1. The number of nitrogens with one attached hydrogen (secondary N) is 1. The molecule has 0 saturated carbocycles. The van der Waals surface area contributed by atoms with E-state index < -0.39 is 0 Å². The molecule has 0 radical (unpaired) electrons. The average molecular weight is 278 g/mol. The van der Waals surface area contributed by atoms with Crippen LogP contribution in [0, 0.1) is 0 Å². The summed E-state index contributed by atoms with van der Waals surface area (Å²) in [6.07, 6.45) is 1.07. The Labute approximate surface area is 124 Å². The van der Waals surface area contributed by atoms with Crippen LogP contribution in [0.5, 0.6) is 0 Å². The van der Waals surface area contributed by atoms with E-state index in [1.54, 1.807) is 0 Å². The lowest BCUT2D eigenvalue weighted by Gasteiger charge is -2.20. The van der Waals surface area contributed by atoms with Crippen LogP contribution in [-0.4, -0.2) is 44.2 Å². The Balaban J connectivity index is 2.26. The number of hydrogen-bond acceptors (Lipinski definition) is 3. The van der Waals surface area contributed by atoms with E-state index in [2.05, 4.69) is 69.3 Å². The summed E-state index contributed by atoms with van der Waals surface area (Å²) in [4.78, 5) is 2.13. The molecule has 114 valence electrons. The third-order valence-electron chi connectivity index (χ3n) is 3.04. The third-order valence-corrected chi connectivity index (χ3v) is 3.04. The van der Waals surface area contributed by atoms with Crippen LogP contribution in [0.3, 0.4) is 0 Å². The maximum atomic E-state index is 5.64. The smallest absolute Gasteiger partial charge is 0.0717 e. The zero-order valence-corrected chi connectivity index (χ0v) is 13.7. The van der Waals surface area contributed by atoms with Gasteiger partial charge in [0, 0.05) is 12.1 Å². The van der Waals surface area contributed by atoms with Crippen molar-refractivity contribution >= 4 is 0 Å². The van der Waals surface area contributed by atoms with Gasteiger partial charge >= 0.3 is 0 Å². The quantitative estimate of drug-likeness (QED) is 0.740. The lowest BCUT2D eigenvalue weighted by Crippen LogP contribution is -2.37. The molecule has 0 amide bonds. The molecule has 0 atom stereocenters. The first kappa shape index (κ1) is 17.2. The second kappa shape index (κ2) is 8.40. The Kier molecular flexibility index (Phi) is 7.20. The van der Waals surface area contributed by atoms with Gasteiger partial charge in [0.25, 0.3) is 0 Å². The fraction of sp³-hybridized carbons (Fsp3) is 0.647. The fourth-order valence-electron chi connectivity index (χ4n) is 1.82. The summed E-state index contributed by atoms with van der Waals surface area (Å²) in [6.45, 7) is 10.1. The molecule has 0 heterocycles. The van der Waals surface area contributed by atoms with Crippen molar-refractivity contribution in [2.24, 2.45) is 0 Å². The summed E-state index contributed by atoms with van der Waals surface area (Å²) in [5.74, 6) is 0. The molecule has 0 aliphatic carbocycles. The van der Waals surface area contributed by atoms with Gasteiger partial charge in [0.1, 0.15) is 0 Å². The van der Waals surface area contributed by atoms with Gasteiger partial charge in [-0.15, -0.1) is 0 Å². The SMILES string of the molecule is CN(C)CCOCc1ccc(CCNC(C)(C)C)cc1. The lowest BCUT2D eigenvalue weighted by atomic mass is 10.1. The zero-order valence-electron chi connectivity index (χ0n) is 13.7. The lowest BCUT2D eigenvalue weighted by molar-refractivity contribution is 0.105. The van der Waals surface area contributed by atoms with Crippen molar-refractivity contribution in [3.8, 4) is 0 Å². The van der Waals surface area contributed by atoms with Crippen LogP contribution in [0.4, 0.5) is 0 Å². The number of hydrogen-bond donors (Lipinski definition) is 1. The second-order valence-electron chi connectivity index (χ2n) is 6.60. The standard InChI is InChI=1S/C17H30N2O/c1-17(2,3)18-11-10-15-6-8-16(9-7-15)14-20-13-12-19(4)5/h6-9,18H,10-14H2,1-5H3. The van der Waals surface area contributed by atoms with E-state index in [1.807, 2.05) is 0 Å². The highest BCUT2D eigenvalue weighted by molar-refractivity contribution is 5.22. The van der Waals surface area contributed by atoms with Crippen molar-refractivity contribution in [2.75, 3.05) is 33.8 Å². The van der Waals surface area contributed by atoms with Gasteiger partial charge < -0.3 is 15.0 Å². The van der Waals surface area contributed by atoms with Crippen molar-refractivity contribution in [3.63, 3.8) is 0 Å². The molecule has 3 heteroatoms. The fourth-order valence-corrected chi connectivity index (χ4v) is 1.82. The predicted octanol–water partition coefficient (Wildman–Crippen LogP) is 2.70. The first-order chi connectivity index (χ1) is 9.37. The molecule has 0 saturated heterocycles. The molecule has 0 bridgehead atoms. The maximum Gasteiger partial charge on any atom is 0.0717 e. The molecular formula is C17H30N2O. The van der Waals surface area contributed by atoms with E-state index in [4.69, 9.17) is 4.74 Å². The van der Waals surface area contributed by atoms with E-state index in [1.165, 1.54) is 11.1 Å². The van der Waals surface area contributed by atoms with Crippen molar-refractivity contribution < 1.29 is 4.74 Å². The van der Waals surface area contributed by atoms with E-state index in [0.717, 1.165) is 26.1 Å². The highest BCUT2D eigenvalue weighted by Gasteiger charge is 2.07. The van der Waals surface area contributed by atoms with Gasteiger partial charge in [0.15, 0.2) is 0 Å². The number of rotatable bonds is 8. The van der Waals surface area contributed by atoms with Crippen LogP contribution in [0.15, 0.2) is 24.3 Å². The minimum Gasteiger partial charge on any atom is -0.375 e. The Morgan fingerprint density at radius 2 is 1.65 bits per heavy atom. The van der Waals surface area contributed by atoms with Gasteiger partial charge in [0.05, 0.1) is 13.2 Å². The highest BCUT2D eigenvalue weighted by Crippen LogP contribution is 2.07. The van der Waals surface area contributed by atoms with E-state index in [0.29, 0.717) is 6.61 Å². The zero-order chi connectivity index (χ0) is 15.0. The van der Waals surface area contributed by atoms with Crippen LogP contribution < -0.4 is 5.32 Å². The highest BCUT2D eigenvalue weighted by atomic mass is 16.5. The minimum absolute atomic E-state index is 0.195. The topological polar surface area (TPSA) is 24.5 Å². The van der Waals surface area contributed by atoms with Crippen molar-refractivity contribution in [3.05, 3.63) is 35.4 Å². The molecule has 1 aromatic carbocycles. The van der Waals surface area contributed by atoms with Gasteiger partial charge in [-0.2, -0.15) is 0 Å². The van der Waals surface area contributed by atoms with Gasteiger partial charge in [-0.3, -0.25) is 0 Å². The molecule has 0 spiro atoms.